The first kappa shape index (κ1) is 16.2. The molecule has 0 fully saturated rings. The van der Waals surface area contributed by atoms with Gasteiger partial charge in [0.15, 0.2) is 0 Å². The first-order chi connectivity index (χ1) is 9.06. The van der Waals surface area contributed by atoms with E-state index in [2.05, 4.69) is 39.8 Å². The van der Waals surface area contributed by atoms with Crippen LogP contribution in [0.3, 0.4) is 0 Å². The van der Waals surface area contributed by atoms with Crippen LogP contribution < -0.4 is 5.73 Å². The van der Waals surface area contributed by atoms with Crippen molar-refractivity contribution >= 4 is 0 Å². The van der Waals surface area contributed by atoms with Crippen LogP contribution in [0, 0.1) is 20.8 Å². The summed E-state index contributed by atoms with van der Waals surface area (Å²) in [6.45, 7) is 10.1. The molecule has 0 aliphatic rings. The molecule has 0 radical (unpaired) electrons. The van der Waals surface area contributed by atoms with Crippen LogP contribution in [0.2, 0.25) is 0 Å². The zero-order valence-electron chi connectivity index (χ0n) is 13.0. The molecule has 0 amide bonds. The summed E-state index contributed by atoms with van der Waals surface area (Å²) in [4.78, 5) is 0. The van der Waals surface area contributed by atoms with Gasteiger partial charge in [-0.05, 0) is 43.9 Å². The van der Waals surface area contributed by atoms with Gasteiger partial charge in [-0.15, -0.1) is 0 Å². The lowest BCUT2D eigenvalue weighted by molar-refractivity contribution is 0.117. The Morgan fingerprint density at radius 3 is 2.26 bits per heavy atom. The summed E-state index contributed by atoms with van der Waals surface area (Å²) in [7, 11) is 0. The lowest BCUT2D eigenvalue weighted by Crippen LogP contribution is -2.20. The second kappa shape index (κ2) is 8.34. The number of aryl methyl sites for hydroxylation is 3. The first-order valence-corrected chi connectivity index (χ1v) is 7.47. The Labute approximate surface area is 118 Å². The highest BCUT2D eigenvalue weighted by Crippen LogP contribution is 2.22. The highest BCUT2D eigenvalue weighted by atomic mass is 16.5. The maximum absolute atomic E-state index is 6.26. The normalized spacial score (nSPS) is 12.7. The van der Waals surface area contributed by atoms with E-state index in [0.717, 1.165) is 13.0 Å². The van der Waals surface area contributed by atoms with Gasteiger partial charge in [0, 0.05) is 6.61 Å². The van der Waals surface area contributed by atoms with Crippen LogP contribution in [0.1, 0.15) is 60.9 Å². The number of hydrogen-bond donors (Lipinski definition) is 1. The Morgan fingerprint density at radius 1 is 1.05 bits per heavy atom. The zero-order chi connectivity index (χ0) is 14.3. The SMILES string of the molecule is CCCCCCOCC(N)c1c(C)cc(C)cc1C. The predicted molar refractivity (Wildman–Crippen MR) is 82.5 cm³/mol. The third-order valence-electron chi connectivity index (χ3n) is 3.55. The molecule has 1 aromatic carbocycles. The molecule has 108 valence electrons. The fourth-order valence-corrected chi connectivity index (χ4v) is 2.70. The molecule has 0 aromatic heterocycles. The molecule has 0 saturated carbocycles. The van der Waals surface area contributed by atoms with E-state index in [0.29, 0.717) is 6.61 Å². The Hall–Kier alpha value is -0.860. The summed E-state index contributed by atoms with van der Waals surface area (Å²) in [5.74, 6) is 0. The minimum absolute atomic E-state index is 0.00762. The summed E-state index contributed by atoms with van der Waals surface area (Å²) in [6.07, 6.45) is 4.97. The number of benzene rings is 1. The van der Waals surface area contributed by atoms with Crippen molar-refractivity contribution < 1.29 is 4.74 Å². The number of unbranched alkanes of at least 4 members (excludes halogenated alkanes) is 3. The molecule has 19 heavy (non-hydrogen) atoms. The number of hydrogen-bond acceptors (Lipinski definition) is 2. The van der Waals surface area contributed by atoms with E-state index >= 15 is 0 Å². The second-order valence-corrected chi connectivity index (χ2v) is 5.55. The third kappa shape index (κ3) is 5.33. The maximum Gasteiger partial charge on any atom is 0.0659 e. The molecule has 0 aliphatic carbocycles. The molecule has 2 heteroatoms. The van der Waals surface area contributed by atoms with E-state index in [9.17, 15) is 0 Å². The Balaban J connectivity index is 2.43. The van der Waals surface area contributed by atoms with Crippen LogP contribution in [-0.4, -0.2) is 13.2 Å². The van der Waals surface area contributed by atoms with Crippen LogP contribution in [0.25, 0.3) is 0 Å². The van der Waals surface area contributed by atoms with Crippen molar-refractivity contribution in [2.45, 2.75) is 59.4 Å². The fraction of sp³-hybridized carbons (Fsp3) is 0.647. The van der Waals surface area contributed by atoms with E-state index in [1.165, 1.54) is 41.5 Å². The molecule has 1 atom stereocenters. The van der Waals surface area contributed by atoms with E-state index in [4.69, 9.17) is 10.5 Å². The monoisotopic (exact) mass is 263 g/mol. The molecule has 0 saturated heterocycles. The van der Waals surface area contributed by atoms with Crippen molar-refractivity contribution in [3.63, 3.8) is 0 Å². The summed E-state index contributed by atoms with van der Waals surface area (Å²) in [5, 5.41) is 0. The number of nitrogens with two attached hydrogens (primary N) is 1. The minimum atomic E-state index is -0.00762. The van der Waals surface area contributed by atoms with Gasteiger partial charge in [0.2, 0.25) is 0 Å². The summed E-state index contributed by atoms with van der Waals surface area (Å²) >= 11 is 0. The van der Waals surface area contributed by atoms with Crippen molar-refractivity contribution in [1.29, 1.82) is 0 Å². The van der Waals surface area contributed by atoms with Gasteiger partial charge in [-0.1, -0.05) is 43.9 Å². The minimum Gasteiger partial charge on any atom is -0.379 e. The largest absolute Gasteiger partial charge is 0.379 e. The van der Waals surface area contributed by atoms with Crippen LogP contribution in [-0.2, 0) is 4.74 Å². The van der Waals surface area contributed by atoms with Gasteiger partial charge in [0.1, 0.15) is 0 Å². The van der Waals surface area contributed by atoms with E-state index in [-0.39, 0.29) is 6.04 Å². The van der Waals surface area contributed by atoms with Gasteiger partial charge in [-0.3, -0.25) is 0 Å². The maximum atomic E-state index is 6.26. The Morgan fingerprint density at radius 2 is 1.68 bits per heavy atom. The molecule has 1 rings (SSSR count). The van der Waals surface area contributed by atoms with Crippen LogP contribution >= 0.6 is 0 Å². The molecular weight excluding hydrogens is 234 g/mol. The van der Waals surface area contributed by atoms with Crippen LogP contribution in [0.4, 0.5) is 0 Å². The summed E-state index contributed by atoms with van der Waals surface area (Å²) in [5.41, 5.74) is 11.4. The molecule has 1 unspecified atom stereocenters. The topological polar surface area (TPSA) is 35.2 Å². The Bertz CT molecular complexity index is 364. The summed E-state index contributed by atoms with van der Waals surface area (Å²) < 4.78 is 5.71. The average molecular weight is 263 g/mol. The van der Waals surface area contributed by atoms with Gasteiger partial charge in [0.05, 0.1) is 12.6 Å². The van der Waals surface area contributed by atoms with Gasteiger partial charge in [0.25, 0.3) is 0 Å². The fourth-order valence-electron chi connectivity index (χ4n) is 2.70. The van der Waals surface area contributed by atoms with Crippen molar-refractivity contribution in [3.8, 4) is 0 Å². The average Bonchev–Trinajstić information content (AvgIpc) is 2.32. The molecule has 1 aromatic rings. The quantitative estimate of drug-likeness (QED) is 0.713. The molecule has 0 bridgehead atoms. The van der Waals surface area contributed by atoms with Gasteiger partial charge in [-0.2, -0.15) is 0 Å². The van der Waals surface area contributed by atoms with E-state index < -0.39 is 0 Å². The van der Waals surface area contributed by atoms with Crippen molar-refractivity contribution in [2.24, 2.45) is 5.73 Å². The molecule has 2 nitrogen and oxygen atoms in total. The van der Waals surface area contributed by atoms with E-state index in [1.54, 1.807) is 0 Å². The lowest BCUT2D eigenvalue weighted by Gasteiger charge is -2.18. The zero-order valence-corrected chi connectivity index (χ0v) is 13.0. The number of rotatable bonds is 8. The highest BCUT2D eigenvalue weighted by molar-refractivity contribution is 5.39. The Kier molecular flexibility index (Phi) is 7.11. The van der Waals surface area contributed by atoms with Crippen molar-refractivity contribution in [1.82, 2.24) is 0 Å². The third-order valence-corrected chi connectivity index (χ3v) is 3.55. The van der Waals surface area contributed by atoms with E-state index in [1.807, 2.05) is 0 Å². The molecular formula is C17H29NO. The first-order valence-electron chi connectivity index (χ1n) is 7.47. The van der Waals surface area contributed by atoms with Crippen LogP contribution in [0.5, 0.6) is 0 Å². The van der Waals surface area contributed by atoms with Crippen molar-refractivity contribution in [3.05, 3.63) is 34.4 Å². The lowest BCUT2D eigenvalue weighted by atomic mass is 9.95. The van der Waals surface area contributed by atoms with Gasteiger partial charge >= 0.3 is 0 Å². The summed E-state index contributed by atoms with van der Waals surface area (Å²) in [6, 6.07) is 4.39. The second-order valence-electron chi connectivity index (χ2n) is 5.55. The molecule has 0 spiro atoms. The van der Waals surface area contributed by atoms with Gasteiger partial charge in [-0.25, -0.2) is 0 Å². The van der Waals surface area contributed by atoms with Gasteiger partial charge < -0.3 is 10.5 Å². The molecule has 0 heterocycles. The highest BCUT2D eigenvalue weighted by Gasteiger charge is 2.12. The molecule has 2 N–H and O–H groups in total. The van der Waals surface area contributed by atoms with Crippen molar-refractivity contribution in [2.75, 3.05) is 13.2 Å². The molecule has 0 aliphatic heterocycles. The smallest absolute Gasteiger partial charge is 0.0659 e. The standard InChI is InChI=1S/C17H29NO/c1-5-6-7-8-9-19-12-16(18)17-14(3)10-13(2)11-15(17)4/h10-11,16H,5-9,12,18H2,1-4H3. The number of ether oxygens (including phenoxy) is 1. The predicted octanol–water partition coefficient (Wildman–Crippen LogP) is 4.21. The van der Waals surface area contributed by atoms with Crippen LogP contribution in [0.15, 0.2) is 12.1 Å².